The summed E-state index contributed by atoms with van der Waals surface area (Å²) in [5.41, 5.74) is -0.744. The zero-order valence-electron chi connectivity index (χ0n) is 25.2. The van der Waals surface area contributed by atoms with Gasteiger partial charge in [0.25, 0.3) is 0 Å². The fourth-order valence-electron chi connectivity index (χ4n) is 4.97. The number of allylic oxidation sites excluding steroid dienone is 1. The lowest BCUT2D eigenvalue weighted by Crippen LogP contribution is -2.45. The van der Waals surface area contributed by atoms with Gasteiger partial charge >= 0.3 is 6.18 Å². The topological polar surface area (TPSA) is 44.8 Å². The third-order valence-corrected chi connectivity index (χ3v) is 18.4. The Labute approximate surface area is 234 Å². The molecule has 0 radical (unpaired) electrons. The van der Waals surface area contributed by atoms with E-state index >= 15 is 0 Å². The number of fused-ring (bicyclic) bond motifs is 2. The fraction of sp³-hybridized carbons (Fsp3) is 0.700. The van der Waals surface area contributed by atoms with Crippen LogP contribution in [0.25, 0.3) is 0 Å². The number of benzene rings is 1. The standard InChI is InChI=1S/C30H47F3O4Si2/c1-28(2,3)38(7,8)36-22(19-35-21-13-11-12-20(16-21)30(31,32)33)14-15-23-24-18-27(25(23)17-26(24)34)37-39(9,10)29(4,5)6/h11-16,22-25,27H,17-19H2,1-10H3/b15-14+/t22-,23?,24?,25?,27?/m0/s1. The number of Topliss-reactive ketones (excluding diaryl/α,β-unsaturated/α-hetero) is 1. The van der Waals surface area contributed by atoms with Crippen molar-refractivity contribution in [2.24, 2.45) is 17.8 Å². The number of carbonyl (C=O) groups is 1. The van der Waals surface area contributed by atoms with Crippen LogP contribution in [0.3, 0.4) is 0 Å². The third kappa shape index (κ3) is 7.46. The minimum Gasteiger partial charge on any atom is -0.491 e. The Morgan fingerprint density at radius 1 is 1.00 bits per heavy atom. The van der Waals surface area contributed by atoms with Crippen molar-refractivity contribution in [1.82, 2.24) is 0 Å². The van der Waals surface area contributed by atoms with E-state index in [1.165, 1.54) is 12.1 Å². The molecule has 1 aromatic carbocycles. The minimum atomic E-state index is -4.44. The molecule has 2 fully saturated rings. The lowest BCUT2D eigenvalue weighted by atomic mass is 9.96. The molecule has 39 heavy (non-hydrogen) atoms. The van der Waals surface area contributed by atoms with Crippen molar-refractivity contribution in [2.45, 2.75) is 109 Å². The SMILES string of the molecule is CC(C)(C)[Si](C)(C)OC1CC2C(=O)CC1C2/C=C/[C@@H](COc1cccc(C(F)(F)F)c1)O[Si](C)(C)C(C)(C)C. The highest BCUT2D eigenvalue weighted by molar-refractivity contribution is 6.74. The van der Waals surface area contributed by atoms with Crippen LogP contribution >= 0.6 is 0 Å². The van der Waals surface area contributed by atoms with Gasteiger partial charge in [-0.3, -0.25) is 4.79 Å². The lowest BCUT2D eigenvalue weighted by Gasteiger charge is -2.40. The van der Waals surface area contributed by atoms with Crippen LogP contribution < -0.4 is 4.74 Å². The van der Waals surface area contributed by atoms with Crippen LogP contribution in [-0.4, -0.2) is 41.2 Å². The van der Waals surface area contributed by atoms with E-state index in [0.717, 1.165) is 18.6 Å². The Morgan fingerprint density at radius 3 is 2.18 bits per heavy atom. The number of hydrogen-bond donors (Lipinski definition) is 0. The number of carbonyl (C=O) groups excluding carboxylic acids is 1. The molecule has 2 aliphatic rings. The molecule has 5 atom stereocenters. The lowest BCUT2D eigenvalue weighted by molar-refractivity contribution is -0.137. The van der Waals surface area contributed by atoms with E-state index < -0.39 is 34.5 Å². The van der Waals surface area contributed by atoms with Crippen LogP contribution in [0.15, 0.2) is 36.4 Å². The molecular weight excluding hydrogens is 537 g/mol. The van der Waals surface area contributed by atoms with Crippen LogP contribution in [0.2, 0.25) is 36.3 Å². The average molecular weight is 585 g/mol. The molecular formula is C30H47F3O4Si2. The molecule has 9 heteroatoms. The Hall–Kier alpha value is -1.43. The maximum Gasteiger partial charge on any atom is 0.416 e. The number of rotatable bonds is 9. The summed E-state index contributed by atoms with van der Waals surface area (Å²) in [7, 11) is -4.20. The maximum absolute atomic E-state index is 13.2. The van der Waals surface area contributed by atoms with E-state index in [1.54, 1.807) is 0 Å². The summed E-state index contributed by atoms with van der Waals surface area (Å²) in [6.45, 7) is 22.0. The largest absolute Gasteiger partial charge is 0.491 e. The highest BCUT2D eigenvalue weighted by Crippen LogP contribution is 2.51. The average Bonchev–Trinajstić information content (AvgIpc) is 3.25. The van der Waals surface area contributed by atoms with Crippen LogP contribution in [0.1, 0.15) is 59.9 Å². The summed E-state index contributed by atoms with van der Waals surface area (Å²) in [6, 6.07) is 4.93. The van der Waals surface area contributed by atoms with Crippen LogP contribution in [0.5, 0.6) is 5.75 Å². The van der Waals surface area contributed by atoms with Gasteiger partial charge in [0.15, 0.2) is 16.6 Å². The third-order valence-electron chi connectivity index (χ3n) is 9.40. The first kappa shape index (κ1) is 32.1. The van der Waals surface area contributed by atoms with E-state index in [2.05, 4.69) is 73.8 Å². The van der Waals surface area contributed by atoms with Gasteiger partial charge in [0.05, 0.1) is 11.7 Å². The normalized spacial score (nSPS) is 25.5. The van der Waals surface area contributed by atoms with Crippen LogP contribution in [0.4, 0.5) is 13.2 Å². The van der Waals surface area contributed by atoms with Crippen LogP contribution in [0, 0.1) is 17.8 Å². The van der Waals surface area contributed by atoms with Gasteiger partial charge in [0.2, 0.25) is 0 Å². The summed E-state index contributed by atoms with van der Waals surface area (Å²) in [5.74, 6) is 0.615. The zero-order valence-corrected chi connectivity index (χ0v) is 27.2. The van der Waals surface area contributed by atoms with Crippen molar-refractivity contribution in [3.63, 3.8) is 0 Å². The van der Waals surface area contributed by atoms with E-state index in [-0.39, 0.29) is 46.3 Å². The van der Waals surface area contributed by atoms with Crippen molar-refractivity contribution in [3.8, 4) is 5.75 Å². The second-order valence-corrected chi connectivity index (χ2v) is 23.8. The van der Waals surface area contributed by atoms with E-state index in [0.29, 0.717) is 12.2 Å². The predicted molar refractivity (Wildman–Crippen MR) is 155 cm³/mol. The quantitative estimate of drug-likeness (QED) is 0.215. The molecule has 0 heterocycles. The van der Waals surface area contributed by atoms with Crippen molar-refractivity contribution < 1.29 is 31.6 Å². The highest BCUT2D eigenvalue weighted by Gasteiger charge is 2.54. The summed E-state index contributed by atoms with van der Waals surface area (Å²) >= 11 is 0. The Kier molecular flexibility index (Phi) is 9.13. The van der Waals surface area contributed by atoms with Gasteiger partial charge in [-0.25, -0.2) is 0 Å². The Morgan fingerprint density at radius 2 is 1.62 bits per heavy atom. The molecule has 4 unspecified atom stereocenters. The second-order valence-electron chi connectivity index (χ2n) is 14.3. The number of ether oxygens (including phenoxy) is 1. The molecule has 0 N–H and O–H groups in total. The van der Waals surface area contributed by atoms with Gasteiger partial charge in [-0.1, -0.05) is 59.8 Å². The molecule has 0 saturated heterocycles. The molecule has 0 aromatic heterocycles. The highest BCUT2D eigenvalue weighted by atomic mass is 28.4. The van der Waals surface area contributed by atoms with Crippen LogP contribution in [-0.2, 0) is 19.8 Å². The summed E-state index contributed by atoms with van der Waals surface area (Å²) < 4.78 is 58.9. The number of hydrogen-bond acceptors (Lipinski definition) is 4. The summed E-state index contributed by atoms with van der Waals surface area (Å²) in [5, 5.41) is 0.0345. The molecule has 3 rings (SSSR count). The number of alkyl halides is 3. The number of ketones is 1. The van der Waals surface area contributed by atoms with Crippen molar-refractivity contribution in [1.29, 1.82) is 0 Å². The fourth-order valence-corrected chi connectivity index (χ4v) is 7.61. The molecule has 0 aliphatic heterocycles. The summed E-state index contributed by atoms with van der Waals surface area (Å²) in [6.07, 6.45) is 0.550. The summed E-state index contributed by atoms with van der Waals surface area (Å²) in [4.78, 5) is 12.8. The van der Waals surface area contributed by atoms with E-state index in [4.69, 9.17) is 13.6 Å². The maximum atomic E-state index is 13.2. The Balaban J connectivity index is 1.80. The van der Waals surface area contributed by atoms with Gasteiger partial charge < -0.3 is 13.6 Å². The molecule has 4 nitrogen and oxygen atoms in total. The van der Waals surface area contributed by atoms with Gasteiger partial charge in [-0.2, -0.15) is 13.2 Å². The predicted octanol–water partition coefficient (Wildman–Crippen LogP) is 8.65. The van der Waals surface area contributed by atoms with E-state index in [1.807, 2.05) is 6.08 Å². The van der Waals surface area contributed by atoms with Gasteiger partial charge in [0, 0.05) is 18.4 Å². The molecule has 0 spiro atoms. The van der Waals surface area contributed by atoms with E-state index in [9.17, 15) is 18.0 Å². The number of halogens is 3. The Bertz CT molecular complexity index is 1050. The molecule has 0 amide bonds. The first-order chi connectivity index (χ1) is 17.6. The van der Waals surface area contributed by atoms with Gasteiger partial charge in [-0.05, 0) is 72.7 Å². The minimum absolute atomic E-state index is 0.0558. The van der Waals surface area contributed by atoms with Crippen molar-refractivity contribution in [3.05, 3.63) is 42.0 Å². The molecule has 1 aromatic rings. The molecule has 2 saturated carbocycles. The molecule has 2 aliphatic carbocycles. The monoisotopic (exact) mass is 584 g/mol. The first-order valence-corrected chi connectivity index (χ1v) is 19.8. The second kappa shape index (κ2) is 11.1. The van der Waals surface area contributed by atoms with Crippen molar-refractivity contribution in [2.75, 3.05) is 6.61 Å². The van der Waals surface area contributed by atoms with Gasteiger partial charge in [-0.15, -0.1) is 0 Å². The first-order valence-electron chi connectivity index (χ1n) is 14.0. The zero-order chi connectivity index (χ0) is 29.6. The van der Waals surface area contributed by atoms with Gasteiger partial charge in [0.1, 0.15) is 18.1 Å². The molecule has 220 valence electrons. The molecule has 2 bridgehead atoms. The van der Waals surface area contributed by atoms with Crippen molar-refractivity contribution >= 4 is 22.4 Å². The smallest absolute Gasteiger partial charge is 0.416 e.